The van der Waals surface area contributed by atoms with Gasteiger partial charge in [-0.05, 0) is 129 Å². The summed E-state index contributed by atoms with van der Waals surface area (Å²) in [5.74, 6) is 0.0685. The van der Waals surface area contributed by atoms with Crippen LogP contribution in [0.25, 0.3) is 0 Å². The minimum absolute atomic E-state index is 0.0393. The van der Waals surface area contributed by atoms with E-state index >= 15 is 0 Å². The molecule has 16 unspecified atom stereocenters. The number of aliphatic hydroxyl groups excluding tert-OH is 4. The summed E-state index contributed by atoms with van der Waals surface area (Å²) >= 11 is 0. The summed E-state index contributed by atoms with van der Waals surface area (Å²) in [4.78, 5) is 23.7. The van der Waals surface area contributed by atoms with Crippen molar-refractivity contribution in [3.05, 3.63) is 52.7 Å². The zero-order chi connectivity index (χ0) is 42.8. The van der Waals surface area contributed by atoms with Crippen molar-refractivity contribution in [1.82, 2.24) is 9.55 Å². The molecule has 13 heteroatoms. The summed E-state index contributed by atoms with van der Waals surface area (Å²) in [6.07, 6.45) is 16.1. The highest BCUT2D eigenvalue weighted by molar-refractivity contribution is 8.76. The van der Waals surface area contributed by atoms with Gasteiger partial charge in [-0.25, -0.2) is 4.98 Å². The van der Waals surface area contributed by atoms with Crippen LogP contribution < -0.4 is 11.5 Å². The van der Waals surface area contributed by atoms with Crippen LogP contribution in [0, 0.1) is 69.5 Å². The first-order chi connectivity index (χ1) is 29.1. The van der Waals surface area contributed by atoms with Gasteiger partial charge in [-0.1, -0.05) is 71.1 Å². The number of allylic oxidation sites excluding steroid dienone is 3. The van der Waals surface area contributed by atoms with Crippen LogP contribution >= 0.6 is 21.6 Å². The lowest BCUT2D eigenvalue weighted by Crippen LogP contribution is -2.67. The number of imidazole rings is 1. The van der Waals surface area contributed by atoms with E-state index in [1.807, 2.05) is 23.3 Å². The third-order valence-corrected chi connectivity index (χ3v) is 21.2. The fourth-order valence-electron chi connectivity index (χ4n) is 16.6. The van der Waals surface area contributed by atoms with Crippen LogP contribution in [0.15, 0.2) is 57.7 Å². The number of fused-ring (bicyclic) bond motifs is 13. The van der Waals surface area contributed by atoms with Crippen LogP contribution in [0.3, 0.4) is 0 Å². The van der Waals surface area contributed by atoms with Gasteiger partial charge in [-0.15, -0.1) is 0 Å². The number of aliphatic imine (C=N–C) groups is 1. The first-order valence-electron chi connectivity index (χ1n) is 23.5. The van der Waals surface area contributed by atoms with Crippen LogP contribution in [0.4, 0.5) is 0 Å². The fraction of sp³-hybridized carbons (Fsp3) is 0.771. The van der Waals surface area contributed by atoms with Gasteiger partial charge >= 0.3 is 0 Å². The first kappa shape index (κ1) is 42.8. The maximum Gasteiger partial charge on any atom is 0.185 e. The molecule has 1 saturated heterocycles. The van der Waals surface area contributed by atoms with Gasteiger partial charge in [0.05, 0.1) is 36.8 Å². The molecule has 334 valence electrons. The van der Waals surface area contributed by atoms with E-state index in [1.165, 1.54) is 30.4 Å². The number of nitrogens with zero attached hydrogens (tertiary/aromatic N) is 3. The average molecular weight is 876 g/mol. The van der Waals surface area contributed by atoms with Crippen molar-refractivity contribution >= 4 is 33.3 Å². The summed E-state index contributed by atoms with van der Waals surface area (Å²) in [6, 6.07) is 0.164. The van der Waals surface area contributed by atoms with E-state index < -0.39 is 40.7 Å². The molecular formula is C48H69N5O6S2. The molecule has 0 spiro atoms. The molecule has 9 N–H and O–H groups in total. The zero-order valence-corrected chi connectivity index (χ0v) is 37.9. The van der Waals surface area contributed by atoms with E-state index in [1.54, 1.807) is 28.0 Å². The van der Waals surface area contributed by atoms with Gasteiger partial charge in [0.2, 0.25) is 0 Å². The number of carbonyl (C=O) groups is 1. The molecule has 16 atom stereocenters. The average Bonchev–Trinajstić information content (AvgIpc) is 3.85. The summed E-state index contributed by atoms with van der Waals surface area (Å²) < 4.78 is 2.27. The third-order valence-electron chi connectivity index (χ3n) is 18.7. The van der Waals surface area contributed by atoms with Gasteiger partial charge < -0.3 is 41.6 Å². The number of rotatable bonds is 4. The van der Waals surface area contributed by atoms with Crippen LogP contribution in [-0.4, -0.2) is 95.4 Å². The van der Waals surface area contributed by atoms with E-state index in [0.717, 1.165) is 44.3 Å². The Morgan fingerprint density at radius 3 is 2.51 bits per heavy atom. The molecule has 1 aromatic rings. The molecule has 8 aliphatic carbocycles. The van der Waals surface area contributed by atoms with Gasteiger partial charge in [-0.3, -0.25) is 9.79 Å². The van der Waals surface area contributed by atoms with Gasteiger partial charge in [0.25, 0.3) is 0 Å². The monoisotopic (exact) mass is 875 g/mol. The molecule has 0 aromatic carbocycles. The van der Waals surface area contributed by atoms with Crippen LogP contribution in [0.5, 0.6) is 0 Å². The van der Waals surface area contributed by atoms with E-state index in [4.69, 9.17) is 11.5 Å². The van der Waals surface area contributed by atoms with Gasteiger partial charge in [0.15, 0.2) is 11.7 Å². The van der Waals surface area contributed by atoms with Crippen molar-refractivity contribution in [1.29, 1.82) is 0 Å². The predicted octanol–water partition coefficient (Wildman–Crippen LogP) is 5.73. The highest BCUT2D eigenvalue weighted by Gasteiger charge is 2.74. The number of carbonyl (C=O) groups excluding carboxylic acids is 1. The number of hydrogen-bond acceptors (Lipinski definition) is 10. The molecule has 0 radical (unpaired) electrons. The Hall–Kier alpha value is -2.13. The predicted molar refractivity (Wildman–Crippen MR) is 240 cm³/mol. The normalized spacial score (nSPS) is 46.7. The lowest BCUT2D eigenvalue weighted by Gasteiger charge is -2.64. The first-order valence-corrected chi connectivity index (χ1v) is 26.0. The Labute approximate surface area is 369 Å². The molecule has 9 aliphatic rings. The van der Waals surface area contributed by atoms with Gasteiger partial charge in [0, 0.05) is 65.6 Å². The molecule has 0 amide bonds. The topological polar surface area (TPSA) is 200 Å². The van der Waals surface area contributed by atoms with Crippen LogP contribution in [-0.2, 0) is 4.79 Å². The SMILES string of the molecule is CC1(C)CC(n2ccnc2)CSSCC2CC(C3CC4CCCC5=C4C(C1=C1CCCCC51)C3O)C1(CO)CC(CN=C(N)N)C3C(=CC(=O)C4CC(O)C(O)CC43C)C21O. The fourth-order valence-corrected chi connectivity index (χ4v) is 19.3. The zero-order valence-electron chi connectivity index (χ0n) is 36.3. The van der Waals surface area contributed by atoms with Crippen molar-refractivity contribution in [2.24, 2.45) is 86.0 Å². The highest BCUT2D eigenvalue weighted by atomic mass is 33.1. The second-order valence-corrected chi connectivity index (χ2v) is 24.5. The van der Waals surface area contributed by atoms with Gasteiger partial charge in [0.1, 0.15) is 0 Å². The Balaban J connectivity index is 1.17. The second kappa shape index (κ2) is 15.5. The van der Waals surface area contributed by atoms with E-state index in [9.17, 15) is 30.3 Å². The minimum atomic E-state index is -1.57. The molecule has 1 aliphatic heterocycles. The summed E-state index contributed by atoms with van der Waals surface area (Å²) in [7, 11) is 3.61. The lowest BCUT2D eigenvalue weighted by molar-refractivity contribution is -0.185. The number of hydrogen-bond donors (Lipinski definition) is 7. The second-order valence-electron chi connectivity index (χ2n) is 22.0. The third kappa shape index (κ3) is 6.33. The maximum atomic E-state index is 14.5. The molecule has 2 heterocycles. The summed E-state index contributed by atoms with van der Waals surface area (Å²) in [5.41, 5.74) is 15.3. The van der Waals surface area contributed by atoms with Crippen molar-refractivity contribution in [3.8, 4) is 0 Å². The lowest BCUT2D eigenvalue weighted by atomic mass is 9.41. The van der Waals surface area contributed by atoms with Crippen molar-refractivity contribution in [3.63, 3.8) is 0 Å². The number of guanidine groups is 1. The van der Waals surface area contributed by atoms with E-state index in [2.05, 4.69) is 41.5 Å². The van der Waals surface area contributed by atoms with E-state index in [-0.39, 0.29) is 84.7 Å². The molecule has 6 fully saturated rings. The van der Waals surface area contributed by atoms with E-state index in [0.29, 0.717) is 36.0 Å². The summed E-state index contributed by atoms with van der Waals surface area (Å²) in [5, 5.41) is 62.2. The Kier molecular flexibility index (Phi) is 10.9. The largest absolute Gasteiger partial charge is 0.396 e. The van der Waals surface area contributed by atoms with Crippen LogP contribution in [0.2, 0.25) is 0 Å². The highest BCUT2D eigenvalue weighted by Crippen LogP contribution is 2.73. The Morgan fingerprint density at radius 2 is 1.75 bits per heavy atom. The molecule has 4 bridgehead atoms. The number of nitrogens with two attached hydrogens (primary N) is 2. The molecule has 10 rings (SSSR count). The Bertz CT molecular complexity index is 2030. The van der Waals surface area contributed by atoms with Crippen LogP contribution in [0.1, 0.15) is 110 Å². The Morgan fingerprint density at radius 1 is 0.967 bits per heavy atom. The van der Waals surface area contributed by atoms with Gasteiger partial charge in [-0.2, -0.15) is 0 Å². The molecule has 1 aromatic heterocycles. The van der Waals surface area contributed by atoms with Crippen molar-refractivity contribution < 1.29 is 30.3 Å². The smallest absolute Gasteiger partial charge is 0.185 e. The maximum absolute atomic E-state index is 14.5. The molecular weight excluding hydrogens is 807 g/mol. The number of aliphatic hydroxyl groups is 5. The van der Waals surface area contributed by atoms with Crippen molar-refractivity contribution in [2.75, 3.05) is 24.7 Å². The molecule has 5 saturated carbocycles. The standard InChI is InChI=1S/C48H69N5O6S2/c1-45(2)18-28(53-12-11-51-24-53)22-61-60-21-27-14-33(32-13-25-7-6-10-30-29-8-4-5-9-31(29)42(45)40(39(25)30)43(32)58)47(23-54)17-26(20-52-44(49)50)41-35(48(27,47)59)16-36(55)34-15-37(56)38(57)19-46(34,41)3/h11-12,16,24-29,32-34,37-38,40-41,43,54,56-59H,4-10,13-15,17-23H2,1-3H3,(H4,49,50,52). The molecule has 61 heavy (non-hydrogen) atoms. The summed E-state index contributed by atoms with van der Waals surface area (Å²) in [6.45, 7) is 6.87. The number of ketones is 1. The quantitative estimate of drug-likeness (QED) is 0.0844. The number of aromatic nitrogens is 2. The molecule has 11 nitrogen and oxygen atoms in total. The van der Waals surface area contributed by atoms with Crippen molar-refractivity contribution in [2.45, 2.75) is 134 Å². The minimum Gasteiger partial charge on any atom is -0.396 e.